The minimum atomic E-state index is -0.133. The molecule has 0 aliphatic carbocycles. The number of morpholine rings is 1. The van der Waals surface area contributed by atoms with Crippen LogP contribution in [0.1, 0.15) is 10.4 Å². The molecule has 0 spiro atoms. The maximum atomic E-state index is 12.3. The highest BCUT2D eigenvalue weighted by Crippen LogP contribution is 2.19. The van der Waals surface area contributed by atoms with Gasteiger partial charge >= 0.3 is 0 Å². The summed E-state index contributed by atoms with van der Waals surface area (Å²) < 4.78 is 10.5. The molecule has 0 saturated carbocycles. The van der Waals surface area contributed by atoms with Crippen molar-refractivity contribution in [3.63, 3.8) is 0 Å². The molecule has 0 unspecified atom stereocenters. The zero-order chi connectivity index (χ0) is 16.1. The first kappa shape index (κ1) is 15.4. The Balaban J connectivity index is 1.67. The van der Waals surface area contributed by atoms with Crippen LogP contribution in [0.4, 0.5) is 11.4 Å². The van der Waals surface area contributed by atoms with Crippen molar-refractivity contribution in [3.05, 3.63) is 54.1 Å². The van der Waals surface area contributed by atoms with E-state index >= 15 is 0 Å². The number of nitrogens with zero attached hydrogens (tertiary/aromatic N) is 1. The van der Waals surface area contributed by atoms with E-state index in [4.69, 9.17) is 9.47 Å². The molecule has 0 radical (unpaired) electrons. The fraction of sp³-hybridized carbons (Fsp3) is 0.278. The Labute approximate surface area is 135 Å². The highest BCUT2D eigenvalue weighted by molar-refractivity contribution is 6.04. The third-order valence-corrected chi connectivity index (χ3v) is 3.83. The molecule has 1 N–H and O–H groups in total. The molecule has 0 bridgehead atoms. The molecule has 23 heavy (non-hydrogen) atoms. The number of methoxy groups -OCH3 is 1. The topological polar surface area (TPSA) is 50.8 Å². The molecule has 2 aromatic rings. The fourth-order valence-electron chi connectivity index (χ4n) is 2.55. The summed E-state index contributed by atoms with van der Waals surface area (Å²) in [6.07, 6.45) is 0. The number of hydrogen-bond donors (Lipinski definition) is 1. The molecule has 0 aromatic heterocycles. The first-order chi connectivity index (χ1) is 11.3. The van der Waals surface area contributed by atoms with Crippen LogP contribution in [0.15, 0.2) is 48.5 Å². The zero-order valence-corrected chi connectivity index (χ0v) is 13.1. The van der Waals surface area contributed by atoms with E-state index in [0.29, 0.717) is 17.0 Å². The first-order valence-corrected chi connectivity index (χ1v) is 7.64. The Morgan fingerprint density at radius 2 is 1.87 bits per heavy atom. The summed E-state index contributed by atoms with van der Waals surface area (Å²) in [5.41, 5.74) is 2.46. The summed E-state index contributed by atoms with van der Waals surface area (Å²) >= 11 is 0. The van der Waals surface area contributed by atoms with Gasteiger partial charge in [0.1, 0.15) is 5.75 Å². The first-order valence-electron chi connectivity index (χ1n) is 7.64. The van der Waals surface area contributed by atoms with E-state index in [9.17, 15) is 4.79 Å². The number of amides is 1. The van der Waals surface area contributed by atoms with E-state index in [-0.39, 0.29) is 5.91 Å². The molecule has 1 saturated heterocycles. The van der Waals surface area contributed by atoms with Crippen molar-refractivity contribution >= 4 is 17.3 Å². The molecular weight excluding hydrogens is 292 g/mol. The van der Waals surface area contributed by atoms with Gasteiger partial charge in [-0.2, -0.15) is 0 Å². The number of rotatable bonds is 4. The highest BCUT2D eigenvalue weighted by atomic mass is 16.5. The molecule has 1 amide bonds. The van der Waals surface area contributed by atoms with Crippen molar-refractivity contribution < 1.29 is 14.3 Å². The molecule has 5 nitrogen and oxygen atoms in total. The van der Waals surface area contributed by atoms with Crippen LogP contribution in [0.5, 0.6) is 5.75 Å². The number of carbonyl (C=O) groups is 1. The van der Waals surface area contributed by atoms with Crippen LogP contribution in [0.25, 0.3) is 0 Å². The standard InChI is InChI=1S/C18H20N2O3/c1-22-17-4-2-3-15(13-17)19-18(21)14-5-7-16(8-6-14)20-9-11-23-12-10-20/h2-8,13H,9-12H2,1H3,(H,19,21). The molecule has 1 aliphatic rings. The number of ether oxygens (including phenoxy) is 2. The van der Waals surface area contributed by atoms with Crippen LogP contribution >= 0.6 is 0 Å². The van der Waals surface area contributed by atoms with Gasteiger partial charge < -0.3 is 19.7 Å². The van der Waals surface area contributed by atoms with E-state index in [2.05, 4.69) is 10.2 Å². The summed E-state index contributed by atoms with van der Waals surface area (Å²) in [7, 11) is 1.60. The predicted molar refractivity (Wildman–Crippen MR) is 90.4 cm³/mol. The molecule has 1 aliphatic heterocycles. The van der Waals surface area contributed by atoms with Crippen molar-refractivity contribution in [1.82, 2.24) is 0 Å². The molecule has 1 fully saturated rings. The monoisotopic (exact) mass is 312 g/mol. The molecule has 120 valence electrons. The molecular formula is C18H20N2O3. The van der Waals surface area contributed by atoms with Gasteiger partial charge in [-0.3, -0.25) is 4.79 Å². The molecule has 5 heteroatoms. The summed E-state index contributed by atoms with van der Waals surface area (Å²) in [6.45, 7) is 3.26. The third kappa shape index (κ3) is 3.81. The number of anilines is 2. The number of benzene rings is 2. The second-order valence-corrected chi connectivity index (χ2v) is 5.33. The SMILES string of the molecule is COc1cccc(NC(=O)c2ccc(N3CCOCC3)cc2)c1. The van der Waals surface area contributed by atoms with Gasteiger partial charge in [-0.15, -0.1) is 0 Å². The van der Waals surface area contributed by atoms with Crippen LogP contribution in [0.3, 0.4) is 0 Å². The van der Waals surface area contributed by atoms with Crippen molar-refractivity contribution in [2.45, 2.75) is 0 Å². The smallest absolute Gasteiger partial charge is 0.255 e. The molecule has 0 atom stereocenters. The van der Waals surface area contributed by atoms with Crippen LogP contribution in [-0.2, 0) is 4.74 Å². The average Bonchev–Trinajstić information content (AvgIpc) is 2.63. The Kier molecular flexibility index (Phi) is 4.78. The summed E-state index contributed by atoms with van der Waals surface area (Å²) in [5, 5.41) is 2.88. The highest BCUT2D eigenvalue weighted by Gasteiger charge is 2.12. The molecule has 3 rings (SSSR count). The largest absolute Gasteiger partial charge is 0.497 e. The van der Waals surface area contributed by atoms with Gasteiger partial charge in [0.25, 0.3) is 5.91 Å². The van der Waals surface area contributed by atoms with Crippen LogP contribution < -0.4 is 15.0 Å². The van der Waals surface area contributed by atoms with Crippen LogP contribution in [-0.4, -0.2) is 39.3 Å². The number of nitrogens with one attached hydrogen (secondary N) is 1. The summed E-state index contributed by atoms with van der Waals surface area (Å²) in [4.78, 5) is 14.6. The maximum absolute atomic E-state index is 12.3. The van der Waals surface area contributed by atoms with E-state index in [1.807, 2.05) is 42.5 Å². The Morgan fingerprint density at radius 1 is 1.13 bits per heavy atom. The van der Waals surface area contributed by atoms with Crippen LogP contribution in [0.2, 0.25) is 0 Å². The van der Waals surface area contributed by atoms with Gasteiger partial charge in [0.05, 0.1) is 20.3 Å². The van der Waals surface area contributed by atoms with Gasteiger partial charge in [0, 0.05) is 36.1 Å². The molecule has 1 heterocycles. The number of carbonyl (C=O) groups excluding carboxylic acids is 1. The third-order valence-electron chi connectivity index (χ3n) is 3.83. The number of hydrogen-bond acceptors (Lipinski definition) is 4. The maximum Gasteiger partial charge on any atom is 0.255 e. The summed E-state index contributed by atoms with van der Waals surface area (Å²) in [6, 6.07) is 15.0. The van der Waals surface area contributed by atoms with E-state index in [1.165, 1.54) is 0 Å². The fourth-order valence-corrected chi connectivity index (χ4v) is 2.55. The van der Waals surface area contributed by atoms with Gasteiger partial charge in [-0.1, -0.05) is 6.07 Å². The Bertz CT molecular complexity index is 664. The Hall–Kier alpha value is -2.53. The predicted octanol–water partition coefficient (Wildman–Crippen LogP) is 2.78. The second-order valence-electron chi connectivity index (χ2n) is 5.33. The van der Waals surface area contributed by atoms with Crippen LogP contribution in [0, 0.1) is 0 Å². The quantitative estimate of drug-likeness (QED) is 0.943. The van der Waals surface area contributed by atoms with E-state index in [1.54, 1.807) is 13.2 Å². The Morgan fingerprint density at radius 3 is 2.57 bits per heavy atom. The lowest BCUT2D eigenvalue weighted by molar-refractivity contribution is 0.102. The normalized spacial score (nSPS) is 14.4. The average molecular weight is 312 g/mol. The van der Waals surface area contributed by atoms with Crippen molar-refractivity contribution in [2.24, 2.45) is 0 Å². The second kappa shape index (κ2) is 7.15. The van der Waals surface area contributed by atoms with Gasteiger partial charge in [-0.25, -0.2) is 0 Å². The minimum Gasteiger partial charge on any atom is -0.497 e. The zero-order valence-electron chi connectivity index (χ0n) is 13.1. The molecule has 2 aromatic carbocycles. The lowest BCUT2D eigenvalue weighted by Gasteiger charge is -2.28. The van der Waals surface area contributed by atoms with Gasteiger partial charge in [-0.05, 0) is 36.4 Å². The van der Waals surface area contributed by atoms with E-state index in [0.717, 1.165) is 32.0 Å². The van der Waals surface area contributed by atoms with Crippen molar-refractivity contribution in [1.29, 1.82) is 0 Å². The van der Waals surface area contributed by atoms with Gasteiger partial charge in [0.15, 0.2) is 0 Å². The summed E-state index contributed by atoms with van der Waals surface area (Å²) in [5.74, 6) is 0.581. The van der Waals surface area contributed by atoms with Crippen molar-refractivity contribution in [3.8, 4) is 5.75 Å². The van der Waals surface area contributed by atoms with E-state index < -0.39 is 0 Å². The van der Waals surface area contributed by atoms with Gasteiger partial charge in [0.2, 0.25) is 0 Å². The minimum absolute atomic E-state index is 0.133. The lowest BCUT2D eigenvalue weighted by Crippen LogP contribution is -2.36. The lowest BCUT2D eigenvalue weighted by atomic mass is 10.1. The van der Waals surface area contributed by atoms with Crippen molar-refractivity contribution in [2.75, 3.05) is 43.6 Å².